The molecular formula is C18H30IN5O. The molecule has 1 saturated heterocycles. The fraction of sp³-hybridized carbons (Fsp3) is 0.556. The van der Waals surface area contributed by atoms with Gasteiger partial charge in [-0.3, -0.25) is 14.7 Å². The van der Waals surface area contributed by atoms with Crippen molar-refractivity contribution in [2.75, 3.05) is 52.9 Å². The summed E-state index contributed by atoms with van der Waals surface area (Å²) in [7, 11) is 1.80. The van der Waals surface area contributed by atoms with Crippen molar-refractivity contribution in [1.82, 2.24) is 20.4 Å². The lowest BCUT2D eigenvalue weighted by Gasteiger charge is -2.34. The third-order valence-electron chi connectivity index (χ3n) is 4.31. The van der Waals surface area contributed by atoms with Crippen LogP contribution >= 0.6 is 24.0 Å². The summed E-state index contributed by atoms with van der Waals surface area (Å²) in [6, 6.07) is 10.4. The number of hydrogen-bond acceptors (Lipinski definition) is 3. The van der Waals surface area contributed by atoms with E-state index in [4.69, 9.17) is 0 Å². The summed E-state index contributed by atoms with van der Waals surface area (Å²) in [4.78, 5) is 19.9. The van der Waals surface area contributed by atoms with Crippen molar-refractivity contribution in [3.05, 3.63) is 35.9 Å². The van der Waals surface area contributed by atoms with E-state index < -0.39 is 0 Å². The quantitative estimate of drug-likeness (QED) is 0.381. The molecule has 140 valence electrons. The van der Waals surface area contributed by atoms with Gasteiger partial charge in [-0.15, -0.1) is 24.0 Å². The molecule has 1 heterocycles. The van der Waals surface area contributed by atoms with Gasteiger partial charge in [-0.25, -0.2) is 0 Å². The van der Waals surface area contributed by atoms with Gasteiger partial charge in [0.15, 0.2) is 5.96 Å². The van der Waals surface area contributed by atoms with E-state index in [0.717, 1.165) is 58.2 Å². The number of carbonyl (C=O) groups is 1. The van der Waals surface area contributed by atoms with E-state index in [1.807, 2.05) is 11.0 Å². The van der Waals surface area contributed by atoms with Crippen LogP contribution in [0.1, 0.15) is 12.5 Å². The summed E-state index contributed by atoms with van der Waals surface area (Å²) in [6.45, 7) is 7.88. The second-order valence-corrected chi connectivity index (χ2v) is 6.01. The Balaban J connectivity index is 0.00000312. The summed E-state index contributed by atoms with van der Waals surface area (Å²) in [5.41, 5.74) is 1.32. The summed E-state index contributed by atoms with van der Waals surface area (Å²) >= 11 is 0. The van der Waals surface area contributed by atoms with Crippen LogP contribution in [0.15, 0.2) is 35.3 Å². The first kappa shape index (κ1) is 21.7. The molecule has 0 spiro atoms. The number of nitrogens with zero attached hydrogens (tertiary/aromatic N) is 3. The first-order chi connectivity index (χ1) is 11.7. The maximum Gasteiger partial charge on any atom is 0.219 e. The van der Waals surface area contributed by atoms with Gasteiger partial charge in [0.2, 0.25) is 5.91 Å². The molecule has 1 aromatic carbocycles. The third kappa shape index (κ3) is 8.04. The van der Waals surface area contributed by atoms with Crippen molar-refractivity contribution in [3.63, 3.8) is 0 Å². The van der Waals surface area contributed by atoms with Gasteiger partial charge in [0.05, 0.1) is 0 Å². The Morgan fingerprint density at radius 2 is 1.72 bits per heavy atom. The molecule has 1 aromatic rings. The zero-order valence-corrected chi connectivity index (χ0v) is 17.5. The number of halogens is 1. The van der Waals surface area contributed by atoms with E-state index in [2.05, 4.69) is 44.8 Å². The molecule has 0 saturated carbocycles. The minimum Gasteiger partial charge on any atom is -0.356 e. The van der Waals surface area contributed by atoms with Gasteiger partial charge in [-0.1, -0.05) is 30.3 Å². The summed E-state index contributed by atoms with van der Waals surface area (Å²) in [5.74, 6) is 1.02. The molecule has 0 bridgehead atoms. The molecule has 0 atom stereocenters. The molecule has 2 rings (SSSR count). The van der Waals surface area contributed by atoms with Crippen molar-refractivity contribution < 1.29 is 4.79 Å². The lowest BCUT2D eigenvalue weighted by Crippen LogP contribution is -2.50. The van der Waals surface area contributed by atoms with Crippen LogP contribution in [-0.2, 0) is 11.2 Å². The number of rotatable bonds is 6. The van der Waals surface area contributed by atoms with Crippen LogP contribution < -0.4 is 10.6 Å². The van der Waals surface area contributed by atoms with E-state index in [1.165, 1.54) is 5.56 Å². The van der Waals surface area contributed by atoms with E-state index >= 15 is 0 Å². The zero-order chi connectivity index (χ0) is 17.2. The number of aliphatic imine (C=N–C) groups is 1. The maximum atomic E-state index is 11.3. The van der Waals surface area contributed by atoms with Crippen molar-refractivity contribution in [1.29, 1.82) is 0 Å². The lowest BCUT2D eigenvalue weighted by molar-refractivity contribution is -0.130. The number of guanidine groups is 1. The van der Waals surface area contributed by atoms with E-state index in [1.54, 1.807) is 14.0 Å². The zero-order valence-electron chi connectivity index (χ0n) is 15.2. The van der Waals surface area contributed by atoms with Crippen LogP contribution in [0.5, 0.6) is 0 Å². The molecule has 1 amide bonds. The fourth-order valence-electron chi connectivity index (χ4n) is 2.81. The molecule has 0 radical (unpaired) electrons. The molecule has 6 nitrogen and oxygen atoms in total. The normalized spacial score (nSPS) is 15.4. The Bertz CT molecular complexity index is 530. The van der Waals surface area contributed by atoms with Crippen LogP contribution in [0.2, 0.25) is 0 Å². The van der Waals surface area contributed by atoms with Gasteiger partial charge in [0, 0.05) is 59.8 Å². The highest BCUT2D eigenvalue weighted by Gasteiger charge is 2.17. The van der Waals surface area contributed by atoms with Crippen LogP contribution in [0.4, 0.5) is 0 Å². The maximum absolute atomic E-state index is 11.3. The first-order valence-electron chi connectivity index (χ1n) is 8.65. The highest BCUT2D eigenvalue weighted by molar-refractivity contribution is 14.0. The predicted octanol–water partition coefficient (Wildman–Crippen LogP) is 1.18. The molecule has 2 N–H and O–H groups in total. The van der Waals surface area contributed by atoms with Crippen LogP contribution in [0.3, 0.4) is 0 Å². The van der Waals surface area contributed by atoms with Gasteiger partial charge in [0.1, 0.15) is 0 Å². The number of benzene rings is 1. The van der Waals surface area contributed by atoms with Gasteiger partial charge in [-0.2, -0.15) is 0 Å². The lowest BCUT2D eigenvalue weighted by atomic mass is 10.1. The molecule has 25 heavy (non-hydrogen) atoms. The van der Waals surface area contributed by atoms with Gasteiger partial charge < -0.3 is 15.5 Å². The van der Waals surface area contributed by atoms with Crippen LogP contribution in [0, 0.1) is 0 Å². The van der Waals surface area contributed by atoms with E-state index in [-0.39, 0.29) is 29.9 Å². The summed E-state index contributed by atoms with van der Waals surface area (Å²) in [6.07, 6.45) is 0.981. The van der Waals surface area contributed by atoms with Crippen LogP contribution in [-0.4, -0.2) is 74.5 Å². The fourth-order valence-corrected chi connectivity index (χ4v) is 2.81. The average molecular weight is 459 g/mol. The Morgan fingerprint density at radius 3 is 2.32 bits per heavy atom. The highest BCUT2D eigenvalue weighted by atomic mass is 127. The molecule has 0 unspecified atom stereocenters. The molecule has 0 aliphatic carbocycles. The van der Waals surface area contributed by atoms with Crippen LogP contribution in [0.25, 0.3) is 0 Å². The number of piperazine rings is 1. The first-order valence-corrected chi connectivity index (χ1v) is 8.65. The van der Waals surface area contributed by atoms with Crippen molar-refractivity contribution in [2.24, 2.45) is 4.99 Å². The SMILES string of the molecule is CN=C(NCCc1ccccc1)NCCN1CCN(C(C)=O)CC1.I. The van der Waals surface area contributed by atoms with Crippen molar-refractivity contribution in [3.8, 4) is 0 Å². The van der Waals surface area contributed by atoms with E-state index in [0.29, 0.717) is 0 Å². The molecule has 1 aliphatic rings. The van der Waals surface area contributed by atoms with Crippen molar-refractivity contribution >= 4 is 35.8 Å². The third-order valence-corrected chi connectivity index (χ3v) is 4.31. The number of nitrogens with one attached hydrogen (secondary N) is 2. The monoisotopic (exact) mass is 459 g/mol. The Labute approximate surface area is 168 Å². The number of carbonyl (C=O) groups excluding carboxylic acids is 1. The second-order valence-electron chi connectivity index (χ2n) is 6.01. The standard InChI is InChI=1S/C18H29N5O.HI/c1-16(24)23-14-12-22(13-15-23)11-10-21-18(19-2)20-9-8-17-6-4-3-5-7-17;/h3-7H,8-15H2,1-2H3,(H2,19,20,21);1H. The molecule has 7 heteroatoms. The predicted molar refractivity (Wildman–Crippen MR) is 114 cm³/mol. The Morgan fingerprint density at radius 1 is 1.08 bits per heavy atom. The Kier molecular flexibility index (Phi) is 10.5. The number of hydrogen-bond donors (Lipinski definition) is 2. The summed E-state index contributed by atoms with van der Waals surface area (Å²) < 4.78 is 0. The topological polar surface area (TPSA) is 60.0 Å². The average Bonchev–Trinajstić information content (AvgIpc) is 2.61. The minimum atomic E-state index is 0. The van der Waals surface area contributed by atoms with E-state index in [9.17, 15) is 4.79 Å². The Hall–Kier alpha value is -1.35. The molecule has 1 fully saturated rings. The minimum absolute atomic E-state index is 0. The second kappa shape index (κ2) is 12.1. The van der Waals surface area contributed by atoms with Gasteiger partial charge in [0.25, 0.3) is 0 Å². The van der Waals surface area contributed by atoms with Crippen molar-refractivity contribution in [2.45, 2.75) is 13.3 Å². The molecule has 0 aromatic heterocycles. The smallest absolute Gasteiger partial charge is 0.219 e. The molecular weight excluding hydrogens is 429 g/mol. The van der Waals surface area contributed by atoms with Gasteiger partial charge >= 0.3 is 0 Å². The molecule has 1 aliphatic heterocycles. The highest BCUT2D eigenvalue weighted by Crippen LogP contribution is 2.01. The van der Waals surface area contributed by atoms with Gasteiger partial charge in [-0.05, 0) is 12.0 Å². The largest absolute Gasteiger partial charge is 0.356 e. The number of amides is 1. The summed E-state index contributed by atoms with van der Waals surface area (Å²) in [5, 5.41) is 6.70.